The Morgan fingerprint density at radius 1 is 1.56 bits per heavy atom. The van der Waals surface area contributed by atoms with Crippen LogP contribution in [-0.2, 0) is 0 Å². The third kappa shape index (κ3) is 2.42. The van der Waals surface area contributed by atoms with Crippen LogP contribution in [0.3, 0.4) is 0 Å². The second-order valence-corrected chi connectivity index (χ2v) is 4.97. The molecule has 0 radical (unpaired) electrons. The first-order valence-corrected chi connectivity index (χ1v) is 4.79. The zero-order valence-corrected chi connectivity index (χ0v) is 8.26. The van der Waals surface area contributed by atoms with E-state index < -0.39 is 0 Å². The van der Waals surface area contributed by atoms with Gasteiger partial charge in [-0.2, -0.15) is 0 Å². The average Bonchev–Trinajstić information content (AvgIpc) is 1.60. The van der Waals surface area contributed by atoms with Gasteiger partial charge >= 0.3 is 0 Å². The van der Waals surface area contributed by atoms with E-state index in [0.717, 1.165) is 9.84 Å². The van der Waals surface area contributed by atoms with E-state index in [1.54, 1.807) is 0 Å². The van der Waals surface area contributed by atoms with Crippen molar-refractivity contribution in [3.63, 3.8) is 0 Å². The molecule has 0 N–H and O–H groups in total. The lowest BCUT2D eigenvalue weighted by Crippen LogP contribution is -2.48. The Labute approximate surface area is 70.9 Å². The minimum Gasteiger partial charge on any atom is -0.301 e. The molecule has 54 valence electrons. The quantitative estimate of drug-likeness (QED) is 0.524. The van der Waals surface area contributed by atoms with E-state index in [1.165, 1.54) is 19.6 Å². The summed E-state index contributed by atoms with van der Waals surface area (Å²) < 4.78 is 0.932. The highest BCUT2D eigenvalue weighted by atomic mass is 127. The topological polar surface area (TPSA) is 3.24 Å². The van der Waals surface area contributed by atoms with Gasteiger partial charge in [-0.25, -0.2) is 0 Å². The summed E-state index contributed by atoms with van der Waals surface area (Å²) in [6.07, 6.45) is 0. The van der Waals surface area contributed by atoms with E-state index in [0.29, 0.717) is 0 Å². The third-order valence-corrected chi connectivity index (χ3v) is 2.32. The summed E-state index contributed by atoms with van der Waals surface area (Å²) in [7, 11) is 0. The molecule has 9 heavy (non-hydrogen) atoms. The van der Waals surface area contributed by atoms with Crippen LogP contribution < -0.4 is 0 Å². The summed E-state index contributed by atoms with van der Waals surface area (Å²) >= 11 is 2.51. The van der Waals surface area contributed by atoms with Gasteiger partial charge in [0.1, 0.15) is 0 Å². The SMILES string of the molecule is CC(C)CN1CC(I)C1. The van der Waals surface area contributed by atoms with Crippen molar-refractivity contribution in [2.75, 3.05) is 19.6 Å². The molecule has 0 saturated carbocycles. The molecule has 0 atom stereocenters. The molecule has 0 aromatic rings. The minimum absolute atomic E-state index is 0.842. The molecule has 0 bridgehead atoms. The molecule has 0 amide bonds. The monoisotopic (exact) mass is 239 g/mol. The van der Waals surface area contributed by atoms with Crippen LogP contribution in [0.1, 0.15) is 13.8 Å². The normalized spacial score (nSPS) is 22.7. The summed E-state index contributed by atoms with van der Waals surface area (Å²) in [5.41, 5.74) is 0. The first-order chi connectivity index (χ1) is 4.18. The summed E-state index contributed by atoms with van der Waals surface area (Å²) in [5, 5.41) is 0. The Morgan fingerprint density at radius 2 is 2.11 bits per heavy atom. The van der Waals surface area contributed by atoms with Crippen molar-refractivity contribution < 1.29 is 0 Å². The van der Waals surface area contributed by atoms with Gasteiger partial charge < -0.3 is 4.90 Å². The van der Waals surface area contributed by atoms with Crippen LogP contribution in [0.5, 0.6) is 0 Å². The maximum Gasteiger partial charge on any atom is 0.0364 e. The molecule has 0 unspecified atom stereocenters. The molecule has 0 spiro atoms. The fraction of sp³-hybridized carbons (Fsp3) is 1.00. The molecule has 1 fully saturated rings. The van der Waals surface area contributed by atoms with Crippen LogP contribution in [0, 0.1) is 5.92 Å². The zero-order valence-electron chi connectivity index (χ0n) is 6.10. The maximum absolute atomic E-state index is 2.52. The summed E-state index contributed by atoms with van der Waals surface area (Å²) in [6, 6.07) is 0. The van der Waals surface area contributed by atoms with Crippen molar-refractivity contribution in [1.82, 2.24) is 4.90 Å². The first-order valence-electron chi connectivity index (χ1n) is 3.55. The Balaban J connectivity index is 2.04. The van der Waals surface area contributed by atoms with E-state index in [2.05, 4.69) is 41.3 Å². The average molecular weight is 239 g/mol. The predicted octanol–water partition coefficient (Wildman–Crippen LogP) is 1.76. The molecule has 0 aromatic heterocycles. The fourth-order valence-corrected chi connectivity index (χ4v) is 2.29. The Hall–Kier alpha value is 0.690. The molecule has 1 rings (SSSR count). The largest absolute Gasteiger partial charge is 0.301 e. The lowest BCUT2D eigenvalue weighted by molar-refractivity contribution is 0.176. The molecular formula is C7H14IN. The summed E-state index contributed by atoms with van der Waals surface area (Å²) in [5.74, 6) is 0.842. The number of hydrogen-bond donors (Lipinski definition) is 0. The Kier molecular flexibility index (Phi) is 2.76. The summed E-state index contributed by atoms with van der Waals surface area (Å²) in [4.78, 5) is 2.52. The highest BCUT2D eigenvalue weighted by Gasteiger charge is 2.23. The number of likely N-dealkylation sites (tertiary alicyclic amines) is 1. The van der Waals surface area contributed by atoms with Crippen LogP contribution in [0.2, 0.25) is 0 Å². The van der Waals surface area contributed by atoms with Crippen LogP contribution in [-0.4, -0.2) is 28.5 Å². The lowest BCUT2D eigenvalue weighted by Gasteiger charge is -2.36. The van der Waals surface area contributed by atoms with Gasteiger partial charge in [-0.05, 0) is 5.92 Å². The number of rotatable bonds is 2. The molecule has 2 heteroatoms. The van der Waals surface area contributed by atoms with Gasteiger partial charge in [-0.15, -0.1) is 0 Å². The van der Waals surface area contributed by atoms with Crippen LogP contribution in [0.4, 0.5) is 0 Å². The van der Waals surface area contributed by atoms with E-state index in [1.807, 2.05) is 0 Å². The molecule has 1 aliphatic heterocycles. The van der Waals surface area contributed by atoms with E-state index in [-0.39, 0.29) is 0 Å². The predicted molar refractivity (Wildman–Crippen MR) is 49.1 cm³/mol. The Bertz CT molecular complexity index is 86.9. The molecule has 1 heterocycles. The summed E-state index contributed by atoms with van der Waals surface area (Å²) in [6.45, 7) is 8.48. The fourth-order valence-electron chi connectivity index (χ4n) is 1.17. The van der Waals surface area contributed by atoms with Crippen LogP contribution in [0.15, 0.2) is 0 Å². The van der Waals surface area contributed by atoms with Crippen LogP contribution in [0.25, 0.3) is 0 Å². The highest BCUT2D eigenvalue weighted by Crippen LogP contribution is 2.17. The Morgan fingerprint density at radius 3 is 2.44 bits per heavy atom. The van der Waals surface area contributed by atoms with Gasteiger partial charge in [0.15, 0.2) is 0 Å². The van der Waals surface area contributed by atoms with Crippen molar-refractivity contribution in [2.45, 2.75) is 17.8 Å². The highest BCUT2D eigenvalue weighted by molar-refractivity contribution is 14.1. The van der Waals surface area contributed by atoms with E-state index in [4.69, 9.17) is 0 Å². The molecule has 0 aromatic carbocycles. The van der Waals surface area contributed by atoms with Crippen molar-refractivity contribution in [2.24, 2.45) is 5.92 Å². The van der Waals surface area contributed by atoms with Gasteiger partial charge in [-0.3, -0.25) is 0 Å². The zero-order chi connectivity index (χ0) is 6.85. The van der Waals surface area contributed by atoms with Crippen molar-refractivity contribution in [3.05, 3.63) is 0 Å². The lowest BCUT2D eigenvalue weighted by atomic mass is 10.1. The van der Waals surface area contributed by atoms with Crippen molar-refractivity contribution in [3.8, 4) is 0 Å². The van der Waals surface area contributed by atoms with Crippen molar-refractivity contribution >= 4 is 22.6 Å². The van der Waals surface area contributed by atoms with E-state index in [9.17, 15) is 0 Å². The van der Waals surface area contributed by atoms with Gasteiger partial charge in [0, 0.05) is 23.6 Å². The second-order valence-electron chi connectivity index (χ2n) is 3.21. The molecule has 1 aliphatic rings. The van der Waals surface area contributed by atoms with Gasteiger partial charge in [-0.1, -0.05) is 36.4 Å². The molecular weight excluding hydrogens is 225 g/mol. The molecule has 1 nitrogen and oxygen atoms in total. The maximum atomic E-state index is 2.52. The van der Waals surface area contributed by atoms with Gasteiger partial charge in [0.25, 0.3) is 0 Å². The smallest absolute Gasteiger partial charge is 0.0364 e. The minimum atomic E-state index is 0.842. The van der Waals surface area contributed by atoms with Crippen LogP contribution >= 0.6 is 22.6 Å². The van der Waals surface area contributed by atoms with E-state index >= 15 is 0 Å². The first kappa shape index (κ1) is 7.79. The number of halogens is 1. The second kappa shape index (κ2) is 3.19. The number of alkyl halides is 1. The van der Waals surface area contributed by atoms with Gasteiger partial charge in [0.05, 0.1) is 0 Å². The molecule has 0 aliphatic carbocycles. The van der Waals surface area contributed by atoms with Gasteiger partial charge in [0.2, 0.25) is 0 Å². The number of hydrogen-bond acceptors (Lipinski definition) is 1. The molecule has 1 saturated heterocycles. The standard InChI is InChI=1S/C7H14IN/c1-6(2)3-9-4-7(8)5-9/h6-7H,3-5H2,1-2H3. The number of nitrogens with zero attached hydrogens (tertiary/aromatic N) is 1. The third-order valence-electron chi connectivity index (χ3n) is 1.54. The van der Waals surface area contributed by atoms with Crippen molar-refractivity contribution in [1.29, 1.82) is 0 Å².